The van der Waals surface area contributed by atoms with Crippen LogP contribution in [0.25, 0.3) is 0 Å². The molecule has 0 radical (unpaired) electrons. The number of ketones is 1. The fourth-order valence-electron chi connectivity index (χ4n) is 3.10. The normalized spacial score (nSPS) is 19.9. The molecule has 2 N–H and O–H groups in total. The molecule has 0 bridgehead atoms. The van der Waals surface area contributed by atoms with Crippen molar-refractivity contribution in [1.29, 1.82) is 0 Å². The maximum atomic E-state index is 12.0. The van der Waals surface area contributed by atoms with E-state index in [-0.39, 0.29) is 11.8 Å². The van der Waals surface area contributed by atoms with E-state index in [1.807, 2.05) is 0 Å². The Morgan fingerprint density at radius 1 is 1.26 bits per heavy atom. The Labute approximate surface area is 138 Å². The summed E-state index contributed by atoms with van der Waals surface area (Å²) in [4.78, 5) is 25.7. The lowest BCUT2D eigenvalue weighted by Gasteiger charge is -2.38. The Bertz CT molecular complexity index is 542. The SMILES string of the molecule is CC(=O)c1ccc(NC(=O)NC[C@H](C)N2CCCC[C@@H]2C)cc1. The second-order valence-electron chi connectivity index (χ2n) is 6.40. The molecule has 0 unspecified atom stereocenters. The van der Waals surface area contributed by atoms with Crippen LogP contribution in [0.4, 0.5) is 10.5 Å². The molecule has 1 aliphatic heterocycles. The van der Waals surface area contributed by atoms with E-state index in [0.717, 1.165) is 6.54 Å². The molecular weight excluding hydrogens is 290 g/mol. The monoisotopic (exact) mass is 317 g/mol. The second kappa shape index (κ2) is 8.11. The van der Waals surface area contributed by atoms with Crippen molar-refractivity contribution >= 4 is 17.5 Å². The number of hydrogen-bond donors (Lipinski definition) is 2. The summed E-state index contributed by atoms with van der Waals surface area (Å²) in [5.41, 5.74) is 1.33. The summed E-state index contributed by atoms with van der Waals surface area (Å²) in [5, 5.41) is 5.73. The molecule has 1 heterocycles. The van der Waals surface area contributed by atoms with Crippen LogP contribution in [0.5, 0.6) is 0 Å². The van der Waals surface area contributed by atoms with Gasteiger partial charge in [0.25, 0.3) is 0 Å². The van der Waals surface area contributed by atoms with Gasteiger partial charge in [0, 0.05) is 29.9 Å². The molecular formula is C18H27N3O2. The van der Waals surface area contributed by atoms with Crippen molar-refractivity contribution in [1.82, 2.24) is 10.2 Å². The third kappa shape index (κ3) is 5.06. The Morgan fingerprint density at radius 2 is 1.96 bits per heavy atom. The molecule has 0 aliphatic carbocycles. The number of rotatable bonds is 5. The van der Waals surface area contributed by atoms with E-state index in [9.17, 15) is 9.59 Å². The zero-order valence-electron chi connectivity index (χ0n) is 14.3. The van der Waals surface area contributed by atoms with Gasteiger partial charge in [-0.1, -0.05) is 6.42 Å². The molecule has 1 saturated heterocycles. The number of anilines is 1. The average molecular weight is 317 g/mol. The molecule has 126 valence electrons. The Morgan fingerprint density at radius 3 is 2.57 bits per heavy atom. The first-order chi connectivity index (χ1) is 11.0. The van der Waals surface area contributed by atoms with E-state index >= 15 is 0 Å². The van der Waals surface area contributed by atoms with Crippen molar-refractivity contribution in [3.8, 4) is 0 Å². The summed E-state index contributed by atoms with van der Waals surface area (Å²) in [5.74, 6) is 0.0190. The van der Waals surface area contributed by atoms with Gasteiger partial charge >= 0.3 is 6.03 Å². The highest BCUT2D eigenvalue weighted by Crippen LogP contribution is 2.18. The molecule has 5 nitrogen and oxygen atoms in total. The molecule has 1 aromatic carbocycles. The van der Waals surface area contributed by atoms with Crippen molar-refractivity contribution < 1.29 is 9.59 Å². The van der Waals surface area contributed by atoms with E-state index in [1.165, 1.54) is 26.2 Å². The maximum absolute atomic E-state index is 12.0. The molecule has 5 heteroatoms. The van der Waals surface area contributed by atoms with Gasteiger partial charge in [-0.25, -0.2) is 4.79 Å². The van der Waals surface area contributed by atoms with Crippen molar-refractivity contribution in [2.24, 2.45) is 0 Å². The molecule has 0 spiro atoms. The molecule has 2 atom stereocenters. The predicted molar refractivity (Wildman–Crippen MR) is 92.9 cm³/mol. The number of amides is 2. The molecule has 23 heavy (non-hydrogen) atoms. The minimum Gasteiger partial charge on any atom is -0.336 e. The molecule has 2 rings (SSSR count). The first-order valence-electron chi connectivity index (χ1n) is 8.39. The van der Waals surface area contributed by atoms with Crippen LogP contribution in [0.2, 0.25) is 0 Å². The van der Waals surface area contributed by atoms with Crippen LogP contribution >= 0.6 is 0 Å². The van der Waals surface area contributed by atoms with E-state index in [2.05, 4.69) is 29.4 Å². The molecule has 1 fully saturated rings. The Hall–Kier alpha value is -1.88. The first kappa shape index (κ1) is 17.5. The minimum absolute atomic E-state index is 0.0190. The van der Waals surface area contributed by atoms with Crippen LogP contribution in [0.1, 0.15) is 50.4 Å². The van der Waals surface area contributed by atoms with Gasteiger partial charge in [-0.2, -0.15) is 0 Å². The Kier molecular flexibility index (Phi) is 6.16. The number of carbonyl (C=O) groups is 2. The number of nitrogens with one attached hydrogen (secondary N) is 2. The van der Waals surface area contributed by atoms with Crippen molar-refractivity contribution in [2.75, 3.05) is 18.4 Å². The lowest BCUT2D eigenvalue weighted by Crippen LogP contribution is -2.49. The standard InChI is InChI=1S/C18H27N3O2/c1-13-6-4-5-11-21(13)14(2)12-19-18(23)20-17-9-7-16(8-10-17)15(3)22/h7-10,13-14H,4-6,11-12H2,1-3H3,(H2,19,20,23)/t13-,14-/m0/s1. The number of Topliss-reactive ketones (excluding diaryl/α,β-unsaturated/α-hetero) is 1. The van der Waals surface area contributed by atoms with Gasteiger partial charge < -0.3 is 10.6 Å². The quantitative estimate of drug-likeness (QED) is 0.819. The molecule has 0 aromatic heterocycles. The number of piperidine rings is 1. The van der Waals surface area contributed by atoms with Gasteiger partial charge in [0.05, 0.1) is 0 Å². The van der Waals surface area contributed by atoms with Crippen LogP contribution < -0.4 is 10.6 Å². The van der Waals surface area contributed by atoms with Crippen LogP contribution in [0.3, 0.4) is 0 Å². The van der Waals surface area contributed by atoms with E-state index in [0.29, 0.717) is 29.9 Å². The van der Waals surface area contributed by atoms with Crippen LogP contribution in [0, 0.1) is 0 Å². The largest absolute Gasteiger partial charge is 0.336 e. The summed E-state index contributed by atoms with van der Waals surface area (Å²) in [7, 11) is 0. The third-order valence-corrected chi connectivity index (χ3v) is 4.53. The van der Waals surface area contributed by atoms with Gasteiger partial charge in [-0.15, -0.1) is 0 Å². The lowest BCUT2D eigenvalue weighted by atomic mass is 10.0. The van der Waals surface area contributed by atoms with E-state index in [1.54, 1.807) is 24.3 Å². The second-order valence-corrected chi connectivity index (χ2v) is 6.40. The van der Waals surface area contributed by atoms with Gasteiger partial charge in [0.2, 0.25) is 0 Å². The number of benzene rings is 1. The number of nitrogens with zero attached hydrogens (tertiary/aromatic N) is 1. The summed E-state index contributed by atoms with van der Waals surface area (Å²) in [6.45, 7) is 7.67. The van der Waals surface area contributed by atoms with E-state index in [4.69, 9.17) is 0 Å². The molecule has 1 aliphatic rings. The zero-order chi connectivity index (χ0) is 16.8. The number of carbonyl (C=O) groups excluding carboxylic acids is 2. The summed E-state index contributed by atoms with van der Waals surface area (Å²) in [6, 6.07) is 7.63. The molecule has 1 aromatic rings. The number of likely N-dealkylation sites (tertiary alicyclic amines) is 1. The predicted octanol–water partition coefficient (Wildman–Crippen LogP) is 3.27. The van der Waals surface area contributed by atoms with E-state index < -0.39 is 0 Å². The van der Waals surface area contributed by atoms with Crippen molar-refractivity contribution in [3.63, 3.8) is 0 Å². The van der Waals surface area contributed by atoms with Gasteiger partial charge in [-0.3, -0.25) is 9.69 Å². The maximum Gasteiger partial charge on any atom is 0.319 e. The average Bonchev–Trinajstić information content (AvgIpc) is 2.53. The summed E-state index contributed by atoms with van der Waals surface area (Å²) >= 11 is 0. The topological polar surface area (TPSA) is 61.4 Å². The van der Waals surface area contributed by atoms with Gasteiger partial charge in [-0.05, 0) is 64.4 Å². The summed E-state index contributed by atoms with van der Waals surface area (Å²) in [6.07, 6.45) is 3.77. The Balaban J connectivity index is 1.79. The highest BCUT2D eigenvalue weighted by Gasteiger charge is 2.23. The molecule has 2 amide bonds. The number of hydrogen-bond acceptors (Lipinski definition) is 3. The summed E-state index contributed by atoms with van der Waals surface area (Å²) < 4.78 is 0. The van der Waals surface area contributed by atoms with Gasteiger partial charge in [0.15, 0.2) is 5.78 Å². The van der Waals surface area contributed by atoms with Crippen molar-refractivity contribution in [2.45, 2.75) is 52.1 Å². The fourth-order valence-corrected chi connectivity index (χ4v) is 3.10. The third-order valence-electron chi connectivity index (χ3n) is 4.53. The van der Waals surface area contributed by atoms with Crippen LogP contribution in [0.15, 0.2) is 24.3 Å². The highest BCUT2D eigenvalue weighted by atomic mass is 16.2. The number of urea groups is 1. The molecule has 0 saturated carbocycles. The van der Waals surface area contributed by atoms with Crippen LogP contribution in [-0.2, 0) is 0 Å². The van der Waals surface area contributed by atoms with Gasteiger partial charge in [0.1, 0.15) is 0 Å². The first-order valence-corrected chi connectivity index (χ1v) is 8.39. The smallest absolute Gasteiger partial charge is 0.319 e. The fraction of sp³-hybridized carbons (Fsp3) is 0.556. The minimum atomic E-state index is -0.211. The lowest BCUT2D eigenvalue weighted by molar-refractivity contribution is 0.101. The van der Waals surface area contributed by atoms with Crippen molar-refractivity contribution in [3.05, 3.63) is 29.8 Å². The highest BCUT2D eigenvalue weighted by molar-refractivity contribution is 5.95. The van der Waals surface area contributed by atoms with Crippen LogP contribution in [-0.4, -0.2) is 41.9 Å². The zero-order valence-corrected chi connectivity index (χ0v) is 14.3.